The van der Waals surface area contributed by atoms with Gasteiger partial charge in [0.1, 0.15) is 0 Å². The number of hydrogen-bond donors (Lipinski definition) is 1. The molecule has 4 aliphatic carbocycles. The van der Waals surface area contributed by atoms with Crippen molar-refractivity contribution >= 4 is 0 Å². The van der Waals surface area contributed by atoms with Crippen LogP contribution in [0.1, 0.15) is 136 Å². The topological polar surface area (TPSA) is 30.5 Å². The zero-order chi connectivity index (χ0) is 32.0. The summed E-state index contributed by atoms with van der Waals surface area (Å²) >= 11 is 0. The largest absolute Gasteiger partial charge is 0.378 e. The predicted octanol–water partition coefficient (Wildman–Crippen LogP) is 11.0. The van der Waals surface area contributed by atoms with Gasteiger partial charge in [-0.15, -0.1) is 13.2 Å². The Morgan fingerprint density at radius 3 is 1.89 bits per heavy atom. The van der Waals surface area contributed by atoms with Gasteiger partial charge in [0, 0.05) is 13.2 Å². The molecule has 4 heteroatoms. The van der Waals surface area contributed by atoms with Crippen molar-refractivity contribution in [2.75, 3.05) is 40.1 Å². The maximum atomic E-state index is 11.6. The maximum absolute atomic E-state index is 11.6. The minimum Gasteiger partial charge on any atom is -0.378 e. The number of halogens is 1. The number of ether oxygens (including phenoxy) is 2. The molecule has 0 saturated heterocycles. The van der Waals surface area contributed by atoms with Gasteiger partial charge in [0.25, 0.3) is 0 Å². The Kier molecular flexibility index (Phi) is 21.9. The van der Waals surface area contributed by atoms with Gasteiger partial charge in [-0.2, -0.15) is 0 Å². The van der Waals surface area contributed by atoms with E-state index in [1.165, 1.54) is 83.5 Å². The van der Waals surface area contributed by atoms with Crippen LogP contribution in [0.25, 0.3) is 0 Å². The summed E-state index contributed by atoms with van der Waals surface area (Å²) in [6.07, 6.45) is 29.9. The maximum Gasteiger partial charge on any atom is 0.0919 e. The van der Waals surface area contributed by atoms with Crippen molar-refractivity contribution in [1.82, 2.24) is 5.32 Å². The molecule has 0 aromatic heterocycles. The molecule has 0 spiro atoms. The van der Waals surface area contributed by atoms with E-state index in [1.807, 2.05) is 14.0 Å². The van der Waals surface area contributed by atoms with Crippen LogP contribution in [-0.2, 0) is 9.47 Å². The van der Waals surface area contributed by atoms with Crippen molar-refractivity contribution in [2.45, 2.75) is 142 Å². The van der Waals surface area contributed by atoms with Crippen molar-refractivity contribution in [3.05, 3.63) is 25.3 Å². The molecule has 1 N–H and O–H groups in total. The zero-order valence-electron chi connectivity index (χ0n) is 29.7. The average molecular weight is 620 g/mol. The monoisotopic (exact) mass is 620 g/mol. The van der Waals surface area contributed by atoms with Crippen molar-refractivity contribution in [2.24, 2.45) is 47.3 Å². The molecular formula is C40H74FNO2. The smallest absolute Gasteiger partial charge is 0.0919 e. The lowest BCUT2D eigenvalue weighted by Gasteiger charge is -2.46. The van der Waals surface area contributed by atoms with Crippen LogP contribution in [-0.4, -0.2) is 46.2 Å². The lowest BCUT2D eigenvalue weighted by atomic mass is 9.60. The zero-order valence-corrected chi connectivity index (χ0v) is 29.7. The van der Waals surface area contributed by atoms with Gasteiger partial charge in [0.05, 0.1) is 19.4 Å². The summed E-state index contributed by atoms with van der Waals surface area (Å²) in [6, 6.07) is 0. The van der Waals surface area contributed by atoms with Crippen LogP contribution in [0.3, 0.4) is 0 Å². The molecule has 3 nitrogen and oxygen atoms in total. The molecular weight excluding hydrogens is 545 g/mol. The SMILES string of the molecule is C=C.CC/C=C\COCC1CCC2CC(C3CCC(C4CCC(OCCCNC)CC4)CC3)CCC2C1.CCCC(C)CF. The molecule has 0 heterocycles. The predicted molar refractivity (Wildman–Crippen MR) is 189 cm³/mol. The molecule has 0 aromatic carbocycles. The van der Waals surface area contributed by atoms with Gasteiger partial charge in [0.15, 0.2) is 0 Å². The number of alkyl halides is 1. The number of hydrogen-bond acceptors (Lipinski definition) is 3. The van der Waals surface area contributed by atoms with Crippen LogP contribution < -0.4 is 5.32 Å². The molecule has 44 heavy (non-hydrogen) atoms. The highest BCUT2D eigenvalue weighted by molar-refractivity contribution is 4.91. The molecule has 0 amide bonds. The fourth-order valence-corrected chi connectivity index (χ4v) is 9.02. The van der Waals surface area contributed by atoms with E-state index in [0.29, 0.717) is 6.10 Å². The van der Waals surface area contributed by atoms with Gasteiger partial charge < -0.3 is 14.8 Å². The van der Waals surface area contributed by atoms with E-state index in [2.05, 4.69) is 44.5 Å². The molecule has 5 unspecified atom stereocenters. The third kappa shape index (κ3) is 14.8. The van der Waals surface area contributed by atoms with Crippen molar-refractivity contribution in [3.63, 3.8) is 0 Å². The lowest BCUT2D eigenvalue weighted by Crippen LogP contribution is -2.36. The molecule has 0 radical (unpaired) electrons. The molecule has 4 rings (SSSR count). The normalized spacial score (nSPS) is 32.9. The Morgan fingerprint density at radius 1 is 0.773 bits per heavy atom. The first-order valence-electron chi connectivity index (χ1n) is 19.1. The summed E-state index contributed by atoms with van der Waals surface area (Å²) in [5, 5.41) is 3.22. The first-order chi connectivity index (χ1) is 21.6. The molecule has 5 atom stereocenters. The number of allylic oxidation sites excluding steroid dienone is 1. The van der Waals surface area contributed by atoms with E-state index >= 15 is 0 Å². The Hall–Kier alpha value is -0.710. The molecule has 0 aliphatic heterocycles. The molecule has 0 bridgehead atoms. The van der Waals surface area contributed by atoms with Crippen molar-refractivity contribution < 1.29 is 13.9 Å². The molecule has 4 aliphatic rings. The summed E-state index contributed by atoms with van der Waals surface area (Å²) in [5.41, 5.74) is 0. The van der Waals surface area contributed by atoms with E-state index in [-0.39, 0.29) is 12.6 Å². The van der Waals surface area contributed by atoms with Gasteiger partial charge in [-0.1, -0.05) is 39.3 Å². The van der Waals surface area contributed by atoms with Gasteiger partial charge in [-0.05, 0) is 170 Å². The summed E-state index contributed by atoms with van der Waals surface area (Å²) in [5.74, 6) is 7.26. The van der Waals surface area contributed by atoms with Gasteiger partial charge in [-0.25, -0.2) is 0 Å². The van der Waals surface area contributed by atoms with Gasteiger partial charge in [0.2, 0.25) is 0 Å². The van der Waals surface area contributed by atoms with Crippen LogP contribution >= 0.6 is 0 Å². The summed E-state index contributed by atoms with van der Waals surface area (Å²) in [7, 11) is 2.03. The standard InChI is InChI=1S/C32H57NO2.C6H13F.C2H4/c1-3-4-5-20-34-24-25-7-8-31-23-30(14-13-29(31)22-25)28-11-9-26(10-12-28)27-15-17-32(18-16-27)35-21-6-19-33-2;1-3-4-6(2)5-7;1-2/h4-5,25-33H,3,6-24H2,1-2H3;6H,3-5H2,1-2H3;1-2H2/b5-4-;;. The molecule has 258 valence electrons. The third-order valence-corrected chi connectivity index (χ3v) is 11.6. The Bertz CT molecular complexity index is 699. The summed E-state index contributed by atoms with van der Waals surface area (Å²) in [6.45, 7) is 15.9. The molecule has 4 fully saturated rings. The van der Waals surface area contributed by atoms with Crippen LogP contribution in [0.15, 0.2) is 25.3 Å². The number of rotatable bonds is 15. The number of nitrogens with one attached hydrogen (secondary N) is 1. The quantitative estimate of drug-likeness (QED) is 0.146. The average Bonchev–Trinajstić information content (AvgIpc) is 3.08. The molecule has 0 aromatic rings. The van der Waals surface area contributed by atoms with E-state index in [0.717, 1.165) is 93.5 Å². The van der Waals surface area contributed by atoms with Crippen LogP contribution in [0, 0.1) is 47.3 Å². The second kappa shape index (κ2) is 24.5. The van der Waals surface area contributed by atoms with E-state index < -0.39 is 0 Å². The first kappa shape index (κ1) is 39.5. The minimum atomic E-state index is -0.159. The summed E-state index contributed by atoms with van der Waals surface area (Å²) in [4.78, 5) is 0. The Labute approximate surface area is 274 Å². The van der Waals surface area contributed by atoms with Gasteiger partial charge in [-0.3, -0.25) is 4.39 Å². The summed E-state index contributed by atoms with van der Waals surface area (Å²) < 4.78 is 23.7. The van der Waals surface area contributed by atoms with Crippen molar-refractivity contribution in [3.8, 4) is 0 Å². The van der Waals surface area contributed by atoms with Crippen LogP contribution in [0.2, 0.25) is 0 Å². The van der Waals surface area contributed by atoms with E-state index in [1.54, 1.807) is 6.42 Å². The van der Waals surface area contributed by atoms with Crippen LogP contribution in [0.4, 0.5) is 4.39 Å². The lowest BCUT2D eigenvalue weighted by molar-refractivity contribution is 0.00179. The highest BCUT2D eigenvalue weighted by Gasteiger charge is 2.39. The van der Waals surface area contributed by atoms with Crippen molar-refractivity contribution in [1.29, 1.82) is 0 Å². The second-order valence-electron chi connectivity index (χ2n) is 14.8. The van der Waals surface area contributed by atoms with E-state index in [4.69, 9.17) is 9.47 Å². The molecule has 4 saturated carbocycles. The van der Waals surface area contributed by atoms with Crippen LogP contribution in [0.5, 0.6) is 0 Å². The Balaban J connectivity index is 0.000000661. The highest BCUT2D eigenvalue weighted by Crippen LogP contribution is 2.50. The van der Waals surface area contributed by atoms with E-state index in [9.17, 15) is 4.39 Å². The third-order valence-electron chi connectivity index (χ3n) is 11.6. The highest BCUT2D eigenvalue weighted by atomic mass is 19.1. The Morgan fingerprint density at radius 2 is 1.32 bits per heavy atom. The number of fused-ring (bicyclic) bond motifs is 1. The minimum absolute atomic E-state index is 0.159. The fourth-order valence-electron chi connectivity index (χ4n) is 9.02. The first-order valence-corrected chi connectivity index (χ1v) is 19.1. The second-order valence-corrected chi connectivity index (χ2v) is 14.8. The fraction of sp³-hybridized carbons (Fsp3) is 0.900. The van der Waals surface area contributed by atoms with Gasteiger partial charge >= 0.3 is 0 Å².